The number of hydrogen-bond donors (Lipinski definition) is 3. The Morgan fingerprint density at radius 1 is 1.16 bits per heavy atom. The molecule has 2 aromatic rings. The highest BCUT2D eigenvalue weighted by atomic mass is 16.5. The summed E-state index contributed by atoms with van der Waals surface area (Å²) in [6.45, 7) is 0. The van der Waals surface area contributed by atoms with Crippen molar-refractivity contribution in [3.8, 4) is 5.75 Å². The number of methoxy groups -OCH3 is 1. The van der Waals surface area contributed by atoms with Gasteiger partial charge in [0, 0.05) is 0 Å². The maximum atomic E-state index is 11.0. The minimum atomic E-state index is -1.05. The standard InChI is InChI=1S/C14H14N2O3/c1-19-12-8-3-2-6-10(12)16-11-7-4-5-9(13(11)15)14(17)18/h2-8,16H,15H2,1H3,(H,17,18). The Labute approximate surface area is 110 Å². The van der Waals surface area contributed by atoms with Gasteiger partial charge in [-0.15, -0.1) is 0 Å². The normalized spacial score (nSPS) is 9.95. The van der Waals surface area contributed by atoms with Crippen LogP contribution in [-0.2, 0) is 0 Å². The average molecular weight is 258 g/mol. The topological polar surface area (TPSA) is 84.6 Å². The van der Waals surface area contributed by atoms with Crippen molar-refractivity contribution in [3.63, 3.8) is 0 Å². The molecule has 0 atom stereocenters. The Kier molecular flexibility index (Phi) is 3.56. The molecule has 0 bridgehead atoms. The molecule has 5 heteroatoms. The first-order valence-electron chi connectivity index (χ1n) is 5.65. The van der Waals surface area contributed by atoms with Crippen molar-refractivity contribution in [1.82, 2.24) is 0 Å². The molecular formula is C14H14N2O3. The highest BCUT2D eigenvalue weighted by Gasteiger charge is 2.12. The fourth-order valence-electron chi connectivity index (χ4n) is 1.75. The van der Waals surface area contributed by atoms with E-state index in [1.807, 2.05) is 18.2 Å². The number of nitrogens with two attached hydrogens (primary N) is 1. The molecule has 2 aromatic carbocycles. The molecule has 0 spiro atoms. The molecule has 0 aromatic heterocycles. The molecule has 0 aliphatic heterocycles. The van der Waals surface area contributed by atoms with Crippen molar-refractivity contribution >= 4 is 23.0 Å². The number of hydrogen-bond acceptors (Lipinski definition) is 4. The Morgan fingerprint density at radius 2 is 1.84 bits per heavy atom. The molecule has 0 heterocycles. The van der Waals surface area contributed by atoms with Gasteiger partial charge in [0.15, 0.2) is 0 Å². The van der Waals surface area contributed by atoms with Gasteiger partial charge in [0.05, 0.1) is 29.7 Å². The van der Waals surface area contributed by atoms with E-state index in [4.69, 9.17) is 15.6 Å². The van der Waals surface area contributed by atoms with E-state index in [2.05, 4.69) is 5.32 Å². The summed E-state index contributed by atoms with van der Waals surface area (Å²) in [6, 6.07) is 12.1. The number of anilines is 3. The van der Waals surface area contributed by atoms with E-state index in [0.29, 0.717) is 11.4 Å². The van der Waals surface area contributed by atoms with Crippen LogP contribution in [0.15, 0.2) is 42.5 Å². The molecule has 5 nitrogen and oxygen atoms in total. The quantitative estimate of drug-likeness (QED) is 0.734. The van der Waals surface area contributed by atoms with E-state index < -0.39 is 5.97 Å². The van der Waals surface area contributed by atoms with E-state index in [1.165, 1.54) is 6.07 Å². The lowest BCUT2D eigenvalue weighted by molar-refractivity contribution is 0.0698. The van der Waals surface area contributed by atoms with Crippen molar-refractivity contribution in [1.29, 1.82) is 0 Å². The van der Waals surface area contributed by atoms with Crippen LogP contribution in [0.3, 0.4) is 0 Å². The van der Waals surface area contributed by atoms with Gasteiger partial charge in [-0.2, -0.15) is 0 Å². The molecule has 0 amide bonds. The van der Waals surface area contributed by atoms with Crippen LogP contribution in [0.4, 0.5) is 17.1 Å². The van der Waals surface area contributed by atoms with Gasteiger partial charge >= 0.3 is 5.97 Å². The molecule has 0 saturated carbocycles. The summed E-state index contributed by atoms with van der Waals surface area (Å²) in [5.41, 5.74) is 7.36. The van der Waals surface area contributed by atoms with Gasteiger partial charge in [0.1, 0.15) is 5.75 Å². The molecule has 0 fully saturated rings. The zero-order chi connectivity index (χ0) is 13.8. The number of nitrogen functional groups attached to an aromatic ring is 1. The molecule has 0 aliphatic carbocycles. The van der Waals surface area contributed by atoms with Gasteiger partial charge in [-0.25, -0.2) is 4.79 Å². The lowest BCUT2D eigenvalue weighted by Gasteiger charge is -2.13. The van der Waals surface area contributed by atoms with Crippen molar-refractivity contribution in [2.24, 2.45) is 0 Å². The summed E-state index contributed by atoms with van der Waals surface area (Å²) in [5.74, 6) is -0.399. The minimum Gasteiger partial charge on any atom is -0.495 e. The number of benzene rings is 2. The maximum Gasteiger partial charge on any atom is 0.337 e. The summed E-state index contributed by atoms with van der Waals surface area (Å²) in [7, 11) is 1.57. The van der Waals surface area contributed by atoms with Gasteiger partial charge < -0.3 is 20.9 Å². The molecule has 0 aliphatic rings. The van der Waals surface area contributed by atoms with Crippen LogP contribution in [0.5, 0.6) is 5.75 Å². The van der Waals surface area contributed by atoms with E-state index in [1.54, 1.807) is 25.3 Å². The summed E-state index contributed by atoms with van der Waals surface area (Å²) >= 11 is 0. The molecule has 98 valence electrons. The molecule has 0 saturated heterocycles. The number of carboxylic acid groups (broad SMARTS) is 1. The van der Waals surface area contributed by atoms with Gasteiger partial charge in [-0.05, 0) is 24.3 Å². The molecule has 19 heavy (non-hydrogen) atoms. The van der Waals surface area contributed by atoms with Crippen molar-refractivity contribution < 1.29 is 14.6 Å². The third-order valence-electron chi connectivity index (χ3n) is 2.71. The van der Waals surface area contributed by atoms with Crippen molar-refractivity contribution in [2.45, 2.75) is 0 Å². The van der Waals surface area contributed by atoms with Crippen LogP contribution in [0.25, 0.3) is 0 Å². The average Bonchev–Trinajstić information content (AvgIpc) is 2.41. The highest BCUT2D eigenvalue weighted by molar-refractivity contribution is 5.97. The highest BCUT2D eigenvalue weighted by Crippen LogP contribution is 2.31. The van der Waals surface area contributed by atoms with Crippen molar-refractivity contribution in [3.05, 3.63) is 48.0 Å². The SMILES string of the molecule is COc1ccccc1Nc1cccc(C(=O)O)c1N. The second kappa shape index (κ2) is 5.30. The summed E-state index contributed by atoms with van der Waals surface area (Å²) in [5, 5.41) is 12.1. The fourth-order valence-corrected chi connectivity index (χ4v) is 1.75. The van der Waals surface area contributed by atoms with Crippen LogP contribution < -0.4 is 15.8 Å². The second-order valence-electron chi connectivity index (χ2n) is 3.90. The molecular weight excluding hydrogens is 244 g/mol. The number of carbonyl (C=O) groups is 1. The third-order valence-corrected chi connectivity index (χ3v) is 2.71. The van der Waals surface area contributed by atoms with Gasteiger partial charge in [-0.3, -0.25) is 0 Å². The van der Waals surface area contributed by atoms with Crippen LogP contribution in [0.1, 0.15) is 10.4 Å². The molecule has 2 rings (SSSR count). The van der Waals surface area contributed by atoms with Gasteiger partial charge in [-0.1, -0.05) is 18.2 Å². The number of ether oxygens (including phenoxy) is 1. The van der Waals surface area contributed by atoms with Gasteiger partial charge in [0.25, 0.3) is 0 Å². The van der Waals surface area contributed by atoms with Crippen LogP contribution in [0, 0.1) is 0 Å². The smallest absolute Gasteiger partial charge is 0.337 e. The number of para-hydroxylation sites is 3. The molecule has 4 N–H and O–H groups in total. The third kappa shape index (κ3) is 2.60. The van der Waals surface area contributed by atoms with Crippen LogP contribution in [-0.4, -0.2) is 18.2 Å². The first-order valence-corrected chi connectivity index (χ1v) is 5.65. The fraction of sp³-hybridized carbons (Fsp3) is 0.0714. The van der Waals surface area contributed by atoms with Gasteiger partial charge in [0.2, 0.25) is 0 Å². The Bertz CT molecular complexity index is 611. The van der Waals surface area contributed by atoms with Crippen LogP contribution >= 0.6 is 0 Å². The predicted molar refractivity (Wildman–Crippen MR) is 74.1 cm³/mol. The molecule has 0 radical (unpaired) electrons. The predicted octanol–water partition coefficient (Wildman–Crippen LogP) is 2.72. The second-order valence-corrected chi connectivity index (χ2v) is 3.90. The van der Waals surface area contributed by atoms with E-state index in [-0.39, 0.29) is 11.3 Å². The van der Waals surface area contributed by atoms with E-state index >= 15 is 0 Å². The molecule has 0 unspecified atom stereocenters. The Hall–Kier alpha value is -2.69. The summed E-state index contributed by atoms with van der Waals surface area (Å²) < 4.78 is 5.22. The summed E-state index contributed by atoms with van der Waals surface area (Å²) in [6.07, 6.45) is 0. The lowest BCUT2D eigenvalue weighted by atomic mass is 10.1. The first kappa shape index (κ1) is 12.8. The Balaban J connectivity index is 2.39. The lowest BCUT2D eigenvalue weighted by Crippen LogP contribution is -2.05. The maximum absolute atomic E-state index is 11.0. The van der Waals surface area contributed by atoms with E-state index in [9.17, 15) is 4.79 Å². The monoisotopic (exact) mass is 258 g/mol. The number of nitrogens with one attached hydrogen (secondary N) is 1. The zero-order valence-electron chi connectivity index (χ0n) is 10.4. The zero-order valence-corrected chi connectivity index (χ0v) is 10.4. The van der Waals surface area contributed by atoms with Crippen molar-refractivity contribution in [2.75, 3.05) is 18.2 Å². The first-order chi connectivity index (χ1) is 9.13. The number of aromatic carboxylic acids is 1. The number of carboxylic acids is 1. The largest absolute Gasteiger partial charge is 0.495 e. The Morgan fingerprint density at radius 3 is 2.53 bits per heavy atom. The minimum absolute atomic E-state index is 0.0693. The summed E-state index contributed by atoms with van der Waals surface area (Å²) in [4.78, 5) is 11.0. The number of rotatable bonds is 4. The van der Waals surface area contributed by atoms with E-state index in [0.717, 1.165) is 5.69 Å². The van der Waals surface area contributed by atoms with Crippen LogP contribution in [0.2, 0.25) is 0 Å².